The molecule has 0 aliphatic heterocycles. The topological polar surface area (TPSA) is 66.8 Å². The second kappa shape index (κ2) is 7.65. The van der Waals surface area contributed by atoms with Gasteiger partial charge in [-0.1, -0.05) is 38.1 Å². The summed E-state index contributed by atoms with van der Waals surface area (Å²) in [5, 5.41) is 8.42. The van der Waals surface area contributed by atoms with Crippen LogP contribution in [0.25, 0.3) is 0 Å². The summed E-state index contributed by atoms with van der Waals surface area (Å²) in [7, 11) is 1.67. The third-order valence-electron chi connectivity index (χ3n) is 2.94. The number of ether oxygens (including phenoxy) is 1. The van der Waals surface area contributed by atoms with Gasteiger partial charge in [0.15, 0.2) is 0 Å². The van der Waals surface area contributed by atoms with Crippen molar-refractivity contribution in [1.29, 1.82) is 0 Å². The van der Waals surface area contributed by atoms with E-state index in [-0.39, 0.29) is 12.5 Å². The SMILES string of the molecule is CC(C)c1ccc(CN(C)C(=O)COCC(=O)O)cc1. The first-order valence-electron chi connectivity index (χ1n) is 6.52. The zero-order valence-corrected chi connectivity index (χ0v) is 12.1. The largest absolute Gasteiger partial charge is 0.480 e. The molecule has 1 aromatic rings. The Hall–Kier alpha value is -1.88. The number of carbonyl (C=O) groups excluding carboxylic acids is 1. The smallest absolute Gasteiger partial charge is 0.329 e. The van der Waals surface area contributed by atoms with Gasteiger partial charge in [0.2, 0.25) is 5.91 Å². The lowest BCUT2D eigenvalue weighted by molar-refractivity contribution is -0.145. The van der Waals surface area contributed by atoms with Gasteiger partial charge in [0.25, 0.3) is 0 Å². The van der Waals surface area contributed by atoms with E-state index in [4.69, 9.17) is 9.84 Å². The van der Waals surface area contributed by atoms with Gasteiger partial charge in [-0.2, -0.15) is 0 Å². The molecule has 1 N–H and O–H groups in total. The third-order valence-corrected chi connectivity index (χ3v) is 2.94. The highest BCUT2D eigenvalue weighted by molar-refractivity contribution is 5.77. The van der Waals surface area contributed by atoms with E-state index in [0.29, 0.717) is 12.5 Å². The molecule has 0 aliphatic carbocycles. The molecule has 0 radical (unpaired) electrons. The van der Waals surface area contributed by atoms with E-state index in [9.17, 15) is 9.59 Å². The van der Waals surface area contributed by atoms with Crippen molar-refractivity contribution in [3.05, 3.63) is 35.4 Å². The lowest BCUT2D eigenvalue weighted by atomic mass is 10.0. The van der Waals surface area contributed by atoms with Crippen LogP contribution in [0.1, 0.15) is 30.9 Å². The zero-order valence-electron chi connectivity index (χ0n) is 12.1. The molecule has 110 valence electrons. The number of aliphatic carboxylic acids is 1. The predicted octanol–water partition coefficient (Wildman–Crippen LogP) is 1.87. The van der Waals surface area contributed by atoms with E-state index in [1.807, 2.05) is 12.1 Å². The Morgan fingerprint density at radius 2 is 1.80 bits per heavy atom. The molecule has 0 bridgehead atoms. The van der Waals surface area contributed by atoms with Crippen molar-refractivity contribution < 1.29 is 19.4 Å². The van der Waals surface area contributed by atoms with Crippen molar-refractivity contribution in [2.24, 2.45) is 0 Å². The molecule has 5 heteroatoms. The Kier molecular flexibility index (Phi) is 6.18. The second-order valence-electron chi connectivity index (χ2n) is 5.03. The molecule has 5 nitrogen and oxygen atoms in total. The van der Waals surface area contributed by atoms with Crippen LogP contribution in [-0.4, -0.2) is 42.1 Å². The first-order valence-corrected chi connectivity index (χ1v) is 6.52. The summed E-state index contributed by atoms with van der Waals surface area (Å²) in [6.45, 7) is 4.07. The summed E-state index contributed by atoms with van der Waals surface area (Å²) in [5.74, 6) is -0.836. The molecule has 1 rings (SSSR count). The summed E-state index contributed by atoms with van der Waals surface area (Å²) < 4.78 is 4.78. The monoisotopic (exact) mass is 279 g/mol. The highest BCUT2D eigenvalue weighted by Crippen LogP contribution is 2.15. The predicted molar refractivity (Wildman–Crippen MR) is 75.5 cm³/mol. The van der Waals surface area contributed by atoms with Crippen LogP contribution in [0.3, 0.4) is 0 Å². The molecule has 1 amide bonds. The average Bonchev–Trinajstić information content (AvgIpc) is 2.38. The number of carboxylic acids is 1. The summed E-state index contributed by atoms with van der Waals surface area (Å²) in [6, 6.07) is 8.10. The van der Waals surface area contributed by atoms with Gasteiger partial charge >= 0.3 is 5.97 Å². The molecule has 0 aliphatic rings. The standard InChI is InChI=1S/C15H21NO4/c1-11(2)13-6-4-12(5-7-13)8-16(3)14(17)9-20-10-15(18)19/h4-7,11H,8-10H2,1-3H3,(H,18,19). The fraction of sp³-hybridized carbons (Fsp3) is 0.467. The van der Waals surface area contributed by atoms with Crippen LogP contribution in [0.4, 0.5) is 0 Å². The van der Waals surface area contributed by atoms with Crippen molar-refractivity contribution in [2.45, 2.75) is 26.3 Å². The van der Waals surface area contributed by atoms with Crippen LogP contribution in [0.5, 0.6) is 0 Å². The molecule has 0 saturated carbocycles. The highest BCUT2D eigenvalue weighted by Gasteiger charge is 2.10. The molecular formula is C15H21NO4. The lowest BCUT2D eigenvalue weighted by Crippen LogP contribution is -2.30. The second-order valence-corrected chi connectivity index (χ2v) is 5.03. The number of rotatable bonds is 7. The normalized spacial score (nSPS) is 10.6. The van der Waals surface area contributed by atoms with Crippen LogP contribution in [0, 0.1) is 0 Å². The quantitative estimate of drug-likeness (QED) is 0.827. The number of hydrogen-bond donors (Lipinski definition) is 1. The first kappa shape index (κ1) is 16.2. The Labute approximate surface area is 119 Å². The molecular weight excluding hydrogens is 258 g/mol. The van der Waals surface area contributed by atoms with Gasteiger partial charge in [0.05, 0.1) is 0 Å². The lowest BCUT2D eigenvalue weighted by Gasteiger charge is -2.17. The van der Waals surface area contributed by atoms with Crippen LogP contribution in [0.2, 0.25) is 0 Å². The Morgan fingerprint density at radius 3 is 2.30 bits per heavy atom. The fourth-order valence-corrected chi connectivity index (χ4v) is 1.71. The fourth-order valence-electron chi connectivity index (χ4n) is 1.71. The van der Waals surface area contributed by atoms with Gasteiger partial charge in [-0.3, -0.25) is 4.79 Å². The van der Waals surface area contributed by atoms with Crippen molar-refractivity contribution in [3.8, 4) is 0 Å². The average molecular weight is 279 g/mol. The third kappa shape index (κ3) is 5.40. The maximum absolute atomic E-state index is 11.7. The van der Waals surface area contributed by atoms with Crippen LogP contribution >= 0.6 is 0 Å². The summed E-state index contributed by atoms with van der Waals surface area (Å²) in [4.78, 5) is 23.5. The number of nitrogens with zero attached hydrogens (tertiary/aromatic N) is 1. The van der Waals surface area contributed by atoms with E-state index in [0.717, 1.165) is 5.56 Å². The number of carbonyl (C=O) groups is 2. The molecule has 0 heterocycles. The van der Waals surface area contributed by atoms with E-state index >= 15 is 0 Å². The summed E-state index contributed by atoms with van der Waals surface area (Å²) >= 11 is 0. The van der Waals surface area contributed by atoms with Crippen molar-refractivity contribution in [3.63, 3.8) is 0 Å². The summed E-state index contributed by atoms with van der Waals surface area (Å²) in [5.41, 5.74) is 2.29. The van der Waals surface area contributed by atoms with Gasteiger partial charge in [0, 0.05) is 13.6 Å². The molecule has 0 spiro atoms. The van der Waals surface area contributed by atoms with Gasteiger partial charge in [-0.15, -0.1) is 0 Å². The summed E-state index contributed by atoms with van der Waals surface area (Å²) in [6.07, 6.45) is 0. The zero-order chi connectivity index (χ0) is 15.1. The molecule has 1 aromatic carbocycles. The van der Waals surface area contributed by atoms with E-state index < -0.39 is 12.6 Å². The van der Waals surface area contributed by atoms with Crippen molar-refractivity contribution in [2.75, 3.05) is 20.3 Å². The van der Waals surface area contributed by atoms with Crippen LogP contribution in [0.15, 0.2) is 24.3 Å². The van der Waals surface area contributed by atoms with Gasteiger partial charge in [-0.25, -0.2) is 4.79 Å². The molecule has 20 heavy (non-hydrogen) atoms. The first-order chi connectivity index (χ1) is 9.40. The molecule has 0 unspecified atom stereocenters. The number of amides is 1. The van der Waals surface area contributed by atoms with Crippen LogP contribution in [-0.2, 0) is 20.9 Å². The minimum Gasteiger partial charge on any atom is -0.480 e. The number of benzene rings is 1. The Morgan fingerprint density at radius 1 is 1.20 bits per heavy atom. The molecule has 0 aromatic heterocycles. The number of likely N-dealkylation sites (N-methyl/N-ethyl adjacent to an activating group) is 1. The van der Waals surface area contributed by atoms with Crippen molar-refractivity contribution >= 4 is 11.9 Å². The van der Waals surface area contributed by atoms with E-state index in [1.54, 1.807) is 7.05 Å². The molecule has 0 saturated heterocycles. The van der Waals surface area contributed by atoms with Gasteiger partial charge in [-0.05, 0) is 17.0 Å². The highest BCUT2D eigenvalue weighted by atomic mass is 16.5. The Bertz CT molecular complexity index is 453. The van der Waals surface area contributed by atoms with Gasteiger partial charge in [0.1, 0.15) is 13.2 Å². The van der Waals surface area contributed by atoms with Crippen LogP contribution < -0.4 is 0 Å². The molecule has 0 fully saturated rings. The number of hydrogen-bond acceptors (Lipinski definition) is 3. The maximum Gasteiger partial charge on any atom is 0.329 e. The van der Waals surface area contributed by atoms with Crippen molar-refractivity contribution in [1.82, 2.24) is 4.90 Å². The van der Waals surface area contributed by atoms with E-state index in [1.165, 1.54) is 10.5 Å². The number of carboxylic acid groups (broad SMARTS) is 1. The van der Waals surface area contributed by atoms with E-state index in [2.05, 4.69) is 26.0 Å². The molecule has 0 atom stereocenters. The maximum atomic E-state index is 11.7. The van der Waals surface area contributed by atoms with Gasteiger partial charge < -0.3 is 14.7 Å². The minimum atomic E-state index is -1.08. The minimum absolute atomic E-state index is 0.215. The Balaban J connectivity index is 2.46.